The van der Waals surface area contributed by atoms with Crippen LogP contribution in [0.5, 0.6) is 0 Å². The molecule has 1 aliphatic heterocycles. The minimum Gasteiger partial charge on any atom is -0.371 e. The first kappa shape index (κ1) is 11.6. The summed E-state index contributed by atoms with van der Waals surface area (Å²) in [5, 5.41) is 2.70. The van der Waals surface area contributed by atoms with Crippen LogP contribution in [0, 0.1) is 0 Å². The monoisotopic (exact) mass is 233 g/mol. The minimum absolute atomic E-state index is 0.189. The average Bonchev–Trinajstić information content (AvgIpc) is 2.97. The van der Waals surface area contributed by atoms with E-state index in [1.54, 1.807) is 13.0 Å². The van der Waals surface area contributed by atoms with Crippen LogP contribution in [0.2, 0.25) is 0 Å². The molecule has 5 heteroatoms. The summed E-state index contributed by atoms with van der Waals surface area (Å²) in [5.74, 6) is -0.189. The molecular formula is C9H12ClNO2S. The summed E-state index contributed by atoms with van der Waals surface area (Å²) in [5.41, 5.74) is 0. The third kappa shape index (κ3) is 4.17. The summed E-state index contributed by atoms with van der Waals surface area (Å²) in [6.07, 6.45) is 1.91. The molecule has 3 nitrogen and oxygen atoms in total. The first-order valence-electron chi connectivity index (χ1n) is 4.22. The summed E-state index contributed by atoms with van der Waals surface area (Å²) in [4.78, 5) is 11.8. The number of epoxide rings is 1. The van der Waals surface area contributed by atoms with Crippen molar-refractivity contribution in [2.75, 3.05) is 13.2 Å². The predicted molar refractivity (Wildman–Crippen MR) is 59.1 cm³/mol. The van der Waals surface area contributed by atoms with E-state index in [1.807, 2.05) is 0 Å². The fraction of sp³-hybridized carbons (Fsp3) is 0.444. The lowest BCUT2D eigenvalue weighted by Gasteiger charge is -2.04. The molecule has 1 heterocycles. The molecule has 1 N–H and O–H groups in total. The van der Waals surface area contributed by atoms with Crippen LogP contribution in [-0.4, -0.2) is 25.2 Å². The molecule has 1 unspecified atom stereocenters. The van der Waals surface area contributed by atoms with Crippen molar-refractivity contribution in [2.45, 2.75) is 13.0 Å². The smallest absolute Gasteiger partial charge is 0.257 e. The van der Waals surface area contributed by atoms with Gasteiger partial charge in [-0.15, -0.1) is 0 Å². The lowest BCUT2D eigenvalue weighted by atomic mass is 10.4. The Morgan fingerprint density at radius 1 is 1.86 bits per heavy atom. The molecular weight excluding hydrogens is 222 g/mol. The van der Waals surface area contributed by atoms with Crippen molar-refractivity contribution in [3.63, 3.8) is 0 Å². The number of carbonyl (C=O) groups is 1. The molecule has 14 heavy (non-hydrogen) atoms. The maximum absolute atomic E-state index is 11.4. The zero-order valence-electron chi connectivity index (χ0n) is 7.88. The molecule has 1 rings (SSSR count). The van der Waals surface area contributed by atoms with Crippen LogP contribution in [0.15, 0.2) is 21.9 Å². The summed E-state index contributed by atoms with van der Waals surface area (Å²) >= 11 is 6.90. The molecule has 1 amide bonds. The Bertz CT molecular complexity index is 274. The second-order valence-corrected chi connectivity index (χ2v) is 4.55. The van der Waals surface area contributed by atoms with E-state index in [-0.39, 0.29) is 12.0 Å². The van der Waals surface area contributed by atoms with Crippen molar-refractivity contribution in [2.24, 2.45) is 0 Å². The SMILES string of the molecule is C=C(S/C(Cl)=C\C)C(=O)NCC1CO1. The highest BCUT2D eigenvalue weighted by atomic mass is 35.5. The third-order valence-electron chi connectivity index (χ3n) is 1.59. The number of nitrogens with one attached hydrogen (secondary N) is 1. The largest absolute Gasteiger partial charge is 0.371 e. The third-order valence-corrected chi connectivity index (χ3v) is 2.91. The molecule has 0 bridgehead atoms. The molecule has 0 aromatic carbocycles. The Kier molecular flexibility index (Phi) is 4.51. The van der Waals surface area contributed by atoms with E-state index in [0.717, 1.165) is 18.4 Å². The van der Waals surface area contributed by atoms with Gasteiger partial charge in [-0.05, 0) is 6.92 Å². The van der Waals surface area contributed by atoms with E-state index in [2.05, 4.69) is 11.9 Å². The van der Waals surface area contributed by atoms with Crippen molar-refractivity contribution in [1.29, 1.82) is 0 Å². The van der Waals surface area contributed by atoms with Crippen LogP contribution in [0.3, 0.4) is 0 Å². The minimum atomic E-state index is -0.189. The normalized spacial score (nSPS) is 20.4. The first-order chi connectivity index (χ1) is 6.63. The molecule has 0 spiro atoms. The summed E-state index contributed by atoms with van der Waals surface area (Å²) in [7, 11) is 0. The molecule has 0 saturated carbocycles. The van der Waals surface area contributed by atoms with Crippen molar-refractivity contribution in [3.05, 3.63) is 21.9 Å². The van der Waals surface area contributed by atoms with Gasteiger partial charge >= 0.3 is 0 Å². The van der Waals surface area contributed by atoms with Gasteiger partial charge < -0.3 is 10.1 Å². The van der Waals surface area contributed by atoms with E-state index < -0.39 is 0 Å². The van der Waals surface area contributed by atoms with Gasteiger partial charge in [-0.25, -0.2) is 0 Å². The Labute approximate surface area is 92.5 Å². The van der Waals surface area contributed by atoms with Gasteiger partial charge in [0.15, 0.2) is 0 Å². The topological polar surface area (TPSA) is 41.6 Å². The van der Waals surface area contributed by atoms with Crippen LogP contribution in [-0.2, 0) is 9.53 Å². The highest BCUT2D eigenvalue weighted by molar-refractivity contribution is 8.08. The van der Waals surface area contributed by atoms with Crippen LogP contribution < -0.4 is 5.32 Å². The number of amides is 1. The standard InChI is InChI=1S/C9H12ClNO2S/c1-3-8(10)14-6(2)9(12)11-4-7-5-13-7/h3,7H,2,4-5H2,1H3,(H,11,12)/b8-3-. The zero-order valence-corrected chi connectivity index (χ0v) is 9.45. The Balaban J connectivity index is 2.24. The lowest BCUT2D eigenvalue weighted by molar-refractivity contribution is -0.116. The van der Waals surface area contributed by atoms with Crippen molar-refractivity contribution in [1.82, 2.24) is 5.32 Å². The molecule has 78 valence electrons. The fourth-order valence-corrected chi connectivity index (χ4v) is 1.51. The number of hydrogen-bond acceptors (Lipinski definition) is 3. The van der Waals surface area contributed by atoms with Gasteiger partial charge in [0.2, 0.25) is 0 Å². The van der Waals surface area contributed by atoms with Crippen molar-refractivity contribution in [3.8, 4) is 0 Å². The van der Waals surface area contributed by atoms with Crippen LogP contribution >= 0.6 is 23.4 Å². The van der Waals surface area contributed by atoms with E-state index in [0.29, 0.717) is 15.8 Å². The lowest BCUT2D eigenvalue weighted by Crippen LogP contribution is -2.27. The maximum Gasteiger partial charge on any atom is 0.257 e. The quantitative estimate of drug-likeness (QED) is 0.582. The number of allylic oxidation sites excluding steroid dienone is 1. The zero-order chi connectivity index (χ0) is 10.6. The van der Waals surface area contributed by atoms with Gasteiger partial charge in [0.05, 0.1) is 22.0 Å². The van der Waals surface area contributed by atoms with Gasteiger partial charge in [-0.3, -0.25) is 4.79 Å². The number of thioether (sulfide) groups is 1. The number of rotatable bonds is 5. The summed E-state index contributed by atoms with van der Waals surface area (Å²) < 4.78 is 5.50. The van der Waals surface area contributed by atoms with Crippen molar-refractivity contribution < 1.29 is 9.53 Å². The van der Waals surface area contributed by atoms with Crippen LogP contribution in [0.1, 0.15) is 6.92 Å². The van der Waals surface area contributed by atoms with Gasteiger partial charge in [-0.1, -0.05) is 36.0 Å². The Morgan fingerprint density at radius 3 is 3.00 bits per heavy atom. The molecule has 1 saturated heterocycles. The van der Waals surface area contributed by atoms with Gasteiger partial charge in [0, 0.05) is 6.54 Å². The number of ether oxygens (including phenoxy) is 1. The number of carbonyl (C=O) groups excluding carboxylic acids is 1. The van der Waals surface area contributed by atoms with Crippen molar-refractivity contribution >= 4 is 29.3 Å². The van der Waals surface area contributed by atoms with E-state index in [9.17, 15) is 4.79 Å². The van der Waals surface area contributed by atoms with Crippen LogP contribution in [0.4, 0.5) is 0 Å². The summed E-state index contributed by atoms with van der Waals surface area (Å²) in [6, 6.07) is 0. The van der Waals surface area contributed by atoms with E-state index >= 15 is 0 Å². The molecule has 1 atom stereocenters. The fourth-order valence-electron chi connectivity index (χ4n) is 0.714. The molecule has 0 radical (unpaired) electrons. The molecule has 0 aromatic rings. The highest BCUT2D eigenvalue weighted by Crippen LogP contribution is 2.26. The number of hydrogen-bond donors (Lipinski definition) is 1. The average molecular weight is 234 g/mol. The molecule has 0 aliphatic carbocycles. The van der Waals surface area contributed by atoms with E-state index in [1.165, 1.54) is 0 Å². The molecule has 1 fully saturated rings. The molecule has 1 aliphatic rings. The second-order valence-electron chi connectivity index (χ2n) is 2.78. The first-order valence-corrected chi connectivity index (χ1v) is 5.41. The van der Waals surface area contributed by atoms with Gasteiger partial charge in [-0.2, -0.15) is 0 Å². The van der Waals surface area contributed by atoms with Gasteiger partial charge in [0.25, 0.3) is 5.91 Å². The number of halogens is 1. The highest BCUT2D eigenvalue weighted by Gasteiger charge is 2.23. The predicted octanol–water partition coefficient (Wildman–Crippen LogP) is 1.85. The molecule has 0 aromatic heterocycles. The van der Waals surface area contributed by atoms with Crippen LogP contribution in [0.25, 0.3) is 0 Å². The Morgan fingerprint density at radius 2 is 2.50 bits per heavy atom. The second kappa shape index (κ2) is 5.44. The van der Waals surface area contributed by atoms with Gasteiger partial charge in [0.1, 0.15) is 0 Å². The van der Waals surface area contributed by atoms with E-state index in [4.69, 9.17) is 16.3 Å². The summed E-state index contributed by atoms with van der Waals surface area (Å²) in [6.45, 7) is 6.71. The Hall–Kier alpha value is -0.450. The maximum atomic E-state index is 11.4.